The fourth-order valence-corrected chi connectivity index (χ4v) is 3.16. The minimum absolute atomic E-state index is 0.0165. The lowest BCUT2D eigenvalue weighted by Gasteiger charge is -2.37. The number of hydrogen-bond donors (Lipinski definition) is 1. The van der Waals surface area contributed by atoms with Gasteiger partial charge in [-0.1, -0.05) is 6.92 Å². The van der Waals surface area contributed by atoms with Gasteiger partial charge in [-0.15, -0.1) is 0 Å². The van der Waals surface area contributed by atoms with E-state index < -0.39 is 0 Å². The van der Waals surface area contributed by atoms with Crippen molar-refractivity contribution < 1.29 is 9.53 Å². The summed E-state index contributed by atoms with van der Waals surface area (Å²) in [6.45, 7) is 6.30. The van der Waals surface area contributed by atoms with Crippen LogP contribution < -0.4 is 5.32 Å². The number of hydrogen-bond acceptors (Lipinski definition) is 4. The van der Waals surface area contributed by atoms with Crippen molar-refractivity contribution in [3.8, 4) is 0 Å². The van der Waals surface area contributed by atoms with Gasteiger partial charge < -0.3 is 19.9 Å². The molecule has 0 aromatic carbocycles. The van der Waals surface area contributed by atoms with Crippen molar-refractivity contribution in [3.05, 3.63) is 0 Å². The highest BCUT2D eigenvalue weighted by atomic mass is 16.5. The summed E-state index contributed by atoms with van der Waals surface area (Å²) in [5.74, 6) is 0.223. The summed E-state index contributed by atoms with van der Waals surface area (Å²) in [7, 11) is 4.08. The summed E-state index contributed by atoms with van der Waals surface area (Å²) in [6, 6.07) is 0.537. The molecule has 5 nitrogen and oxygen atoms in total. The molecule has 0 radical (unpaired) electrons. The summed E-state index contributed by atoms with van der Waals surface area (Å²) in [6.07, 6.45) is 2.29. The summed E-state index contributed by atoms with van der Waals surface area (Å²) in [4.78, 5) is 16.9. The molecule has 2 rings (SSSR count). The standard InChI is InChI=1S/C14H27N3O2/c1-4-15-13-10-19-9-12(13)14(18)17(3)11-6-5-7-16(2)8-11/h11-13,15H,4-10H2,1-3H3. The van der Waals surface area contributed by atoms with Gasteiger partial charge in [0.05, 0.1) is 19.1 Å². The van der Waals surface area contributed by atoms with E-state index in [4.69, 9.17) is 4.74 Å². The van der Waals surface area contributed by atoms with Crippen molar-refractivity contribution in [2.24, 2.45) is 5.92 Å². The molecular weight excluding hydrogens is 242 g/mol. The van der Waals surface area contributed by atoms with E-state index in [9.17, 15) is 4.79 Å². The Labute approximate surface area is 116 Å². The zero-order valence-electron chi connectivity index (χ0n) is 12.4. The van der Waals surface area contributed by atoms with Crippen LogP contribution in [0.2, 0.25) is 0 Å². The van der Waals surface area contributed by atoms with Crippen molar-refractivity contribution >= 4 is 5.91 Å². The van der Waals surface area contributed by atoms with E-state index in [0.717, 1.165) is 26.1 Å². The molecule has 2 aliphatic heterocycles. The van der Waals surface area contributed by atoms with Gasteiger partial charge in [0, 0.05) is 25.7 Å². The largest absolute Gasteiger partial charge is 0.379 e. The first kappa shape index (κ1) is 14.8. The SMILES string of the molecule is CCNC1COCC1C(=O)N(C)C1CCCN(C)C1. The van der Waals surface area contributed by atoms with Gasteiger partial charge in [0.2, 0.25) is 5.91 Å². The highest BCUT2D eigenvalue weighted by Crippen LogP contribution is 2.20. The number of likely N-dealkylation sites (N-methyl/N-ethyl adjacent to an activating group) is 3. The number of amides is 1. The van der Waals surface area contributed by atoms with Crippen LogP contribution in [0.5, 0.6) is 0 Å². The number of carbonyl (C=O) groups excluding carboxylic acids is 1. The second-order valence-corrected chi connectivity index (χ2v) is 5.82. The minimum Gasteiger partial charge on any atom is -0.379 e. The molecule has 1 N–H and O–H groups in total. The number of ether oxygens (including phenoxy) is 1. The first-order chi connectivity index (χ1) is 9.13. The van der Waals surface area contributed by atoms with Gasteiger partial charge in [0.15, 0.2) is 0 Å². The number of carbonyl (C=O) groups is 1. The topological polar surface area (TPSA) is 44.8 Å². The van der Waals surface area contributed by atoms with Crippen LogP contribution in [0.15, 0.2) is 0 Å². The van der Waals surface area contributed by atoms with Crippen molar-refractivity contribution in [2.75, 3.05) is 46.9 Å². The molecule has 2 heterocycles. The fraction of sp³-hybridized carbons (Fsp3) is 0.929. The number of rotatable bonds is 4. The van der Waals surface area contributed by atoms with E-state index in [2.05, 4.69) is 24.2 Å². The van der Waals surface area contributed by atoms with Gasteiger partial charge >= 0.3 is 0 Å². The van der Waals surface area contributed by atoms with Crippen LogP contribution in [0, 0.1) is 5.92 Å². The van der Waals surface area contributed by atoms with E-state index in [-0.39, 0.29) is 17.9 Å². The lowest BCUT2D eigenvalue weighted by atomic mass is 9.99. The van der Waals surface area contributed by atoms with Crippen LogP contribution in [0.3, 0.4) is 0 Å². The van der Waals surface area contributed by atoms with Crippen molar-refractivity contribution in [1.82, 2.24) is 15.1 Å². The predicted octanol–water partition coefficient (Wildman–Crippen LogP) is 0.164. The molecule has 2 fully saturated rings. The fourth-order valence-electron chi connectivity index (χ4n) is 3.16. The number of likely N-dealkylation sites (tertiary alicyclic amines) is 1. The minimum atomic E-state index is -0.0165. The molecule has 3 unspecified atom stereocenters. The van der Waals surface area contributed by atoms with E-state index in [1.54, 1.807) is 0 Å². The lowest BCUT2D eigenvalue weighted by Crippen LogP contribution is -2.52. The highest BCUT2D eigenvalue weighted by molar-refractivity contribution is 5.80. The third-order valence-corrected chi connectivity index (χ3v) is 4.36. The molecule has 1 amide bonds. The average molecular weight is 269 g/mol. The second-order valence-electron chi connectivity index (χ2n) is 5.82. The maximum Gasteiger partial charge on any atom is 0.229 e. The zero-order valence-corrected chi connectivity index (χ0v) is 12.4. The number of piperidine rings is 1. The molecule has 2 aliphatic rings. The molecule has 0 aliphatic carbocycles. The molecular formula is C14H27N3O2. The molecule has 0 bridgehead atoms. The van der Waals surface area contributed by atoms with Crippen molar-refractivity contribution in [1.29, 1.82) is 0 Å². The lowest BCUT2D eigenvalue weighted by molar-refractivity contribution is -0.137. The Morgan fingerprint density at radius 3 is 2.95 bits per heavy atom. The maximum atomic E-state index is 12.6. The third kappa shape index (κ3) is 3.46. The van der Waals surface area contributed by atoms with Gasteiger partial charge in [-0.3, -0.25) is 4.79 Å². The Kier molecular flexibility index (Phi) is 5.19. The van der Waals surface area contributed by atoms with Gasteiger partial charge in [-0.25, -0.2) is 0 Å². The molecule has 3 atom stereocenters. The van der Waals surface area contributed by atoms with Crippen LogP contribution in [-0.4, -0.2) is 74.7 Å². The van der Waals surface area contributed by atoms with Crippen LogP contribution in [-0.2, 0) is 9.53 Å². The molecule has 5 heteroatoms. The molecule has 0 aromatic rings. The summed E-state index contributed by atoms with van der Waals surface area (Å²) in [5, 5.41) is 3.36. The van der Waals surface area contributed by atoms with E-state index in [1.165, 1.54) is 6.42 Å². The Morgan fingerprint density at radius 2 is 2.26 bits per heavy atom. The second kappa shape index (κ2) is 6.68. The van der Waals surface area contributed by atoms with Crippen LogP contribution in [0.1, 0.15) is 19.8 Å². The van der Waals surface area contributed by atoms with Crippen molar-refractivity contribution in [2.45, 2.75) is 31.8 Å². The summed E-state index contributed by atoms with van der Waals surface area (Å²) >= 11 is 0. The highest BCUT2D eigenvalue weighted by Gasteiger charge is 2.37. The molecule has 0 spiro atoms. The van der Waals surface area contributed by atoms with Crippen LogP contribution in [0.4, 0.5) is 0 Å². The van der Waals surface area contributed by atoms with Crippen LogP contribution >= 0.6 is 0 Å². The Balaban J connectivity index is 1.94. The molecule has 0 saturated carbocycles. The number of nitrogens with zero attached hydrogens (tertiary/aromatic N) is 2. The Morgan fingerprint density at radius 1 is 1.47 bits per heavy atom. The average Bonchev–Trinajstić information content (AvgIpc) is 2.86. The van der Waals surface area contributed by atoms with Gasteiger partial charge in [-0.2, -0.15) is 0 Å². The first-order valence-electron chi connectivity index (χ1n) is 7.39. The molecule has 110 valence electrons. The van der Waals surface area contributed by atoms with E-state index in [1.807, 2.05) is 11.9 Å². The van der Waals surface area contributed by atoms with Crippen molar-refractivity contribution in [3.63, 3.8) is 0 Å². The molecule has 2 saturated heterocycles. The van der Waals surface area contributed by atoms with Gasteiger partial charge in [0.25, 0.3) is 0 Å². The maximum absolute atomic E-state index is 12.6. The van der Waals surface area contributed by atoms with Crippen LogP contribution in [0.25, 0.3) is 0 Å². The summed E-state index contributed by atoms with van der Waals surface area (Å²) < 4.78 is 5.48. The Bertz CT molecular complexity index is 311. The smallest absolute Gasteiger partial charge is 0.229 e. The zero-order chi connectivity index (χ0) is 13.8. The van der Waals surface area contributed by atoms with E-state index in [0.29, 0.717) is 19.3 Å². The first-order valence-corrected chi connectivity index (χ1v) is 7.39. The summed E-state index contributed by atoms with van der Waals surface area (Å²) in [5.41, 5.74) is 0. The third-order valence-electron chi connectivity index (χ3n) is 4.36. The predicted molar refractivity (Wildman–Crippen MR) is 75.1 cm³/mol. The Hall–Kier alpha value is -0.650. The van der Waals surface area contributed by atoms with Gasteiger partial charge in [-0.05, 0) is 33.0 Å². The number of nitrogens with one attached hydrogen (secondary N) is 1. The van der Waals surface area contributed by atoms with Gasteiger partial charge in [0.1, 0.15) is 0 Å². The normalized spacial score (nSPS) is 32.5. The molecule has 19 heavy (non-hydrogen) atoms. The monoisotopic (exact) mass is 269 g/mol. The quantitative estimate of drug-likeness (QED) is 0.790. The van der Waals surface area contributed by atoms with E-state index >= 15 is 0 Å². The molecule has 0 aromatic heterocycles.